The van der Waals surface area contributed by atoms with Gasteiger partial charge in [0.1, 0.15) is 0 Å². The lowest BCUT2D eigenvalue weighted by Gasteiger charge is -2.43. The predicted molar refractivity (Wildman–Crippen MR) is 133 cm³/mol. The van der Waals surface area contributed by atoms with E-state index in [1.807, 2.05) is 0 Å². The van der Waals surface area contributed by atoms with Crippen molar-refractivity contribution in [3.8, 4) is 0 Å². The Labute approximate surface area is 184 Å². The van der Waals surface area contributed by atoms with E-state index in [1.54, 1.807) is 0 Å². The van der Waals surface area contributed by atoms with Gasteiger partial charge in [0.15, 0.2) is 0 Å². The van der Waals surface area contributed by atoms with Crippen LogP contribution in [-0.4, -0.2) is 0 Å². The molecule has 0 unspecified atom stereocenters. The molecule has 0 aromatic heterocycles. The van der Waals surface area contributed by atoms with Crippen LogP contribution in [0.2, 0.25) is 0 Å². The Morgan fingerprint density at radius 2 is 1.20 bits per heavy atom. The molecule has 160 valence electrons. The molecule has 0 radical (unpaired) electrons. The van der Waals surface area contributed by atoms with Gasteiger partial charge in [0, 0.05) is 11.1 Å². The highest BCUT2D eigenvalue weighted by atomic mass is 15.2. The summed E-state index contributed by atoms with van der Waals surface area (Å²) in [4.78, 5) is 2.44. The summed E-state index contributed by atoms with van der Waals surface area (Å²) in [5.41, 5.74) is 9.53. The normalized spacial score (nSPS) is 16.6. The zero-order valence-electron chi connectivity index (χ0n) is 20.6. The van der Waals surface area contributed by atoms with E-state index in [2.05, 4.69) is 129 Å². The van der Waals surface area contributed by atoms with Crippen LogP contribution in [0.1, 0.15) is 91.5 Å². The Morgan fingerprint density at radius 3 is 1.53 bits per heavy atom. The number of anilines is 2. The second-order valence-electron chi connectivity index (χ2n) is 11.1. The van der Waals surface area contributed by atoms with Gasteiger partial charge in [-0.25, -0.2) is 0 Å². The first-order valence-electron chi connectivity index (χ1n) is 11.2. The molecule has 0 saturated heterocycles. The Kier molecular flexibility index (Phi) is 5.56. The van der Waals surface area contributed by atoms with Crippen LogP contribution in [0, 0.1) is 0 Å². The number of fused-ring (bicyclic) bond motifs is 2. The molecule has 2 aromatic rings. The lowest BCUT2D eigenvalue weighted by Crippen LogP contribution is -2.33. The summed E-state index contributed by atoms with van der Waals surface area (Å²) in [6.45, 7) is 22.8. The fourth-order valence-corrected chi connectivity index (χ4v) is 4.42. The van der Waals surface area contributed by atoms with Crippen molar-refractivity contribution in [3.05, 3.63) is 82.6 Å². The van der Waals surface area contributed by atoms with Crippen LogP contribution < -0.4 is 4.90 Å². The molecule has 0 bridgehead atoms. The van der Waals surface area contributed by atoms with Gasteiger partial charge < -0.3 is 4.90 Å². The van der Waals surface area contributed by atoms with Gasteiger partial charge in [-0.1, -0.05) is 91.8 Å². The third-order valence-corrected chi connectivity index (χ3v) is 6.45. The van der Waals surface area contributed by atoms with Crippen LogP contribution in [0.15, 0.2) is 60.3 Å². The first-order chi connectivity index (χ1) is 13.8. The van der Waals surface area contributed by atoms with E-state index in [9.17, 15) is 0 Å². The molecule has 0 amide bonds. The SMILES string of the molecule is C/C=C\C(=C/C)N1c2ccc(C(C)(C)C)cc2C(C)(C)c2cc(C(C)(C)C)ccc21. The van der Waals surface area contributed by atoms with Crippen LogP contribution in [0.3, 0.4) is 0 Å². The average Bonchev–Trinajstić information content (AvgIpc) is 2.65. The van der Waals surface area contributed by atoms with Gasteiger partial charge in [-0.15, -0.1) is 0 Å². The van der Waals surface area contributed by atoms with Gasteiger partial charge in [-0.05, 0) is 65.1 Å². The van der Waals surface area contributed by atoms with Gasteiger partial charge in [0.25, 0.3) is 0 Å². The van der Waals surface area contributed by atoms with Gasteiger partial charge >= 0.3 is 0 Å². The molecule has 0 atom stereocenters. The highest BCUT2D eigenvalue weighted by Crippen LogP contribution is 2.52. The smallest absolute Gasteiger partial charge is 0.0502 e. The number of nitrogens with zero attached hydrogens (tertiary/aromatic N) is 1. The van der Waals surface area contributed by atoms with Crippen molar-refractivity contribution in [2.24, 2.45) is 0 Å². The Bertz CT molecular complexity index is 936. The topological polar surface area (TPSA) is 3.24 Å². The van der Waals surface area contributed by atoms with Crippen molar-refractivity contribution >= 4 is 11.4 Å². The molecule has 30 heavy (non-hydrogen) atoms. The average molecular weight is 402 g/mol. The molecule has 0 spiro atoms. The van der Waals surface area contributed by atoms with Crippen LogP contribution in [0.4, 0.5) is 11.4 Å². The quantitative estimate of drug-likeness (QED) is 0.456. The van der Waals surface area contributed by atoms with Crippen molar-refractivity contribution in [1.82, 2.24) is 0 Å². The second kappa shape index (κ2) is 7.45. The van der Waals surface area contributed by atoms with Crippen LogP contribution in [0.25, 0.3) is 0 Å². The van der Waals surface area contributed by atoms with E-state index < -0.39 is 0 Å². The predicted octanol–water partition coefficient (Wildman–Crippen LogP) is 8.54. The van der Waals surface area contributed by atoms with Gasteiger partial charge in [0.2, 0.25) is 0 Å². The van der Waals surface area contributed by atoms with Crippen LogP contribution in [-0.2, 0) is 16.2 Å². The molecular formula is C29H39N. The van der Waals surface area contributed by atoms with Gasteiger partial charge in [-0.2, -0.15) is 0 Å². The van der Waals surface area contributed by atoms with E-state index in [-0.39, 0.29) is 16.2 Å². The van der Waals surface area contributed by atoms with E-state index >= 15 is 0 Å². The zero-order chi connectivity index (χ0) is 22.5. The molecule has 0 aliphatic carbocycles. The van der Waals surface area contributed by atoms with Crippen LogP contribution >= 0.6 is 0 Å². The molecule has 1 heteroatoms. The Hall–Kier alpha value is -2.28. The van der Waals surface area contributed by atoms with E-state index in [0.717, 1.165) is 0 Å². The first kappa shape index (κ1) is 22.4. The van der Waals surface area contributed by atoms with Crippen molar-refractivity contribution in [3.63, 3.8) is 0 Å². The third kappa shape index (κ3) is 3.75. The Morgan fingerprint density at radius 1 is 0.767 bits per heavy atom. The Balaban J connectivity index is 2.38. The molecule has 0 saturated carbocycles. The molecule has 1 aliphatic rings. The minimum absolute atomic E-state index is 0.0710. The number of allylic oxidation sites excluding steroid dienone is 3. The van der Waals surface area contributed by atoms with Crippen molar-refractivity contribution < 1.29 is 0 Å². The number of hydrogen-bond acceptors (Lipinski definition) is 1. The van der Waals surface area contributed by atoms with E-state index in [0.29, 0.717) is 0 Å². The van der Waals surface area contributed by atoms with Crippen LogP contribution in [0.5, 0.6) is 0 Å². The fraction of sp³-hybridized carbons (Fsp3) is 0.448. The van der Waals surface area contributed by atoms with Crippen molar-refractivity contribution in [1.29, 1.82) is 0 Å². The molecular weight excluding hydrogens is 362 g/mol. The molecule has 1 nitrogen and oxygen atoms in total. The summed E-state index contributed by atoms with van der Waals surface area (Å²) in [6, 6.07) is 14.1. The van der Waals surface area contributed by atoms with Crippen molar-refractivity contribution in [2.75, 3.05) is 4.90 Å². The standard InChI is InChI=1S/C29H39N/c1-11-13-22(12-2)30-25-16-14-20(27(3,4)5)18-23(25)29(9,10)24-19-21(28(6,7)8)15-17-26(24)30/h11-19H,1-10H3/b13-11-,22-12+. The van der Waals surface area contributed by atoms with Gasteiger partial charge in [-0.3, -0.25) is 0 Å². The lowest BCUT2D eigenvalue weighted by atomic mass is 9.70. The molecule has 1 aliphatic heterocycles. The van der Waals surface area contributed by atoms with Crippen molar-refractivity contribution in [2.45, 2.75) is 85.5 Å². The maximum absolute atomic E-state index is 2.44. The molecule has 0 fully saturated rings. The molecule has 2 aromatic carbocycles. The summed E-state index contributed by atoms with van der Waals surface area (Å²) in [6.07, 6.45) is 6.55. The summed E-state index contributed by atoms with van der Waals surface area (Å²) >= 11 is 0. The van der Waals surface area contributed by atoms with Gasteiger partial charge in [0.05, 0.1) is 11.4 Å². The zero-order valence-corrected chi connectivity index (χ0v) is 20.6. The molecule has 3 rings (SSSR count). The summed E-state index contributed by atoms with van der Waals surface area (Å²) in [5, 5.41) is 0. The summed E-state index contributed by atoms with van der Waals surface area (Å²) in [7, 11) is 0. The van der Waals surface area contributed by atoms with E-state index in [4.69, 9.17) is 0 Å². The highest BCUT2D eigenvalue weighted by molar-refractivity contribution is 5.82. The highest BCUT2D eigenvalue weighted by Gasteiger charge is 2.38. The monoisotopic (exact) mass is 401 g/mol. The number of rotatable bonds is 2. The third-order valence-electron chi connectivity index (χ3n) is 6.45. The first-order valence-corrected chi connectivity index (χ1v) is 11.2. The summed E-state index contributed by atoms with van der Waals surface area (Å²) < 4.78 is 0. The largest absolute Gasteiger partial charge is 0.310 e. The summed E-state index contributed by atoms with van der Waals surface area (Å²) in [5.74, 6) is 0. The maximum Gasteiger partial charge on any atom is 0.0502 e. The van der Waals surface area contributed by atoms with E-state index in [1.165, 1.54) is 39.3 Å². The fourth-order valence-electron chi connectivity index (χ4n) is 4.42. The maximum atomic E-state index is 2.44. The molecule has 0 N–H and O–H groups in total. The number of benzene rings is 2. The minimum atomic E-state index is -0.0710. The second-order valence-corrected chi connectivity index (χ2v) is 11.1. The molecule has 1 heterocycles. The minimum Gasteiger partial charge on any atom is -0.310 e. The lowest BCUT2D eigenvalue weighted by molar-refractivity contribution is 0.573. The number of hydrogen-bond donors (Lipinski definition) is 0.